The Morgan fingerprint density at radius 3 is 1.77 bits per heavy atom. The molecule has 1 heteroatoms. The number of hydrogen-bond donors (Lipinski definition) is 0. The average Bonchev–Trinajstić information content (AvgIpc) is 3.56. The number of fused-ring (bicyclic) bond motifs is 12. The van der Waals surface area contributed by atoms with Gasteiger partial charge >= 0.3 is 0 Å². The summed E-state index contributed by atoms with van der Waals surface area (Å²) in [5.41, 5.74) is 14.3. The maximum Gasteiger partial charge on any atom is 0.0621 e. The third kappa shape index (κ3) is 4.14. The maximum absolute atomic E-state index is 2.53. The predicted octanol–water partition coefficient (Wildman–Crippen LogP) is 14.4. The van der Waals surface area contributed by atoms with Crippen LogP contribution in [-0.4, -0.2) is 0 Å². The van der Waals surface area contributed by atoms with Crippen molar-refractivity contribution >= 4 is 60.2 Å². The number of rotatable bonds is 3. The van der Waals surface area contributed by atoms with E-state index in [9.17, 15) is 0 Å². The Kier molecular flexibility index (Phi) is 6.14. The fourth-order valence-electron chi connectivity index (χ4n) is 9.97. The van der Waals surface area contributed by atoms with Gasteiger partial charge in [0.2, 0.25) is 0 Å². The van der Waals surface area contributed by atoms with E-state index >= 15 is 0 Å². The molecule has 0 heterocycles. The minimum absolute atomic E-state index is 0.105. The number of nitrogens with zero attached hydrogens (tertiary/aromatic N) is 1. The second-order valence-electron chi connectivity index (χ2n) is 16.1. The van der Waals surface area contributed by atoms with E-state index in [0.717, 1.165) is 11.4 Å². The summed E-state index contributed by atoms with van der Waals surface area (Å²) in [6.45, 7) is 9.60. The van der Waals surface area contributed by atoms with E-state index < -0.39 is 0 Å². The zero-order chi connectivity index (χ0) is 35.6. The third-order valence-electron chi connectivity index (χ3n) is 12.5. The van der Waals surface area contributed by atoms with Crippen LogP contribution in [0.2, 0.25) is 0 Å². The summed E-state index contributed by atoms with van der Waals surface area (Å²) in [6.07, 6.45) is 0. The molecule has 0 aliphatic heterocycles. The SMILES string of the molecule is CC1(C)c2cc3cc(N(c4ccccc4)c4c5c(cc6ccccc46)C(C)(C)c4c-5ccc5ccccc45)ccc3cc2-c2c1ccc1ccccc21. The standard InChI is InChI=1S/C52H39N/c1-51(2)44-27-24-32-14-8-11-19-39(32)47(44)43-29-34-22-25-38(28-36(34)31-45(43)51)53(37-17-6-5-7-18-37)50-41-21-13-10-16-35(41)30-46-48(50)42-26-23-33-15-9-12-20-40(33)49(42)52(46,3)4/h5-31H,1-4H3. The zero-order valence-electron chi connectivity index (χ0n) is 30.5. The molecule has 11 rings (SSSR count). The summed E-state index contributed by atoms with van der Waals surface area (Å²) >= 11 is 0. The van der Waals surface area contributed by atoms with Crippen molar-refractivity contribution in [1.82, 2.24) is 0 Å². The Labute approximate surface area is 310 Å². The van der Waals surface area contributed by atoms with Crippen LogP contribution in [0.1, 0.15) is 49.9 Å². The Morgan fingerprint density at radius 2 is 0.981 bits per heavy atom. The highest BCUT2D eigenvalue weighted by molar-refractivity contribution is 6.13. The zero-order valence-corrected chi connectivity index (χ0v) is 30.5. The largest absolute Gasteiger partial charge is 0.309 e. The van der Waals surface area contributed by atoms with Gasteiger partial charge in [-0.2, -0.15) is 0 Å². The second-order valence-corrected chi connectivity index (χ2v) is 16.1. The van der Waals surface area contributed by atoms with Crippen molar-refractivity contribution in [1.29, 1.82) is 0 Å². The van der Waals surface area contributed by atoms with E-state index in [4.69, 9.17) is 0 Å². The summed E-state index contributed by atoms with van der Waals surface area (Å²) in [5, 5.41) is 10.3. The molecular formula is C52H39N. The van der Waals surface area contributed by atoms with E-state index in [1.165, 1.54) is 93.3 Å². The van der Waals surface area contributed by atoms with Crippen molar-refractivity contribution in [2.75, 3.05) is 4.90 Å². The second kappa shape index (κ2) is 10.7. The monoisotopic (exact) mass is 677 g/mol. The number of anilines is 3. The molecule has 0 unspecified atom stereocenters. The molecule has 9 aromatic rings. The van der Waals surface area contributed by atoms with Gasteiger partial charge in [0.1, 0.15) is 0 Å². The maximum atomic E-state index is 2.53. The molecule has 9 aromatic carbocycles. The number of para-hydroxylation sites is 1. The van der Waals surface area contributed by atoms with Gasteiger partial charge in [0.25, 0.3) is 0 Å². The van der Waals surface area contributed by atoms with Crippen molar-refractivity contribution in [3.63, 3.8) is 0 Å². The van der Waals surface area contributed by atoms with Crippen LogP contribution in [-0.2, 0) is 10.8 Å². The Morgan fingerprint density at radius 1 is 0.358 bits per heavy atom. The molecule has 2 aliphatic rings. The molecule has 0 amide bonds. The molecule has 0 fully saturated rings. The molecule has 0 saturated carbocycles. The van der Waals surface area contributed by atoms with E-state index in [-0.39, 0.29) is 10.8 Å². The fourth-order valence-corrected chi connectivity index (χ4v) is 9.97. The lowest BCUT2D eigenvalue weighted by Crippen LogP contribution is -2.17. The number of benzene rings is 9. The van der Waals surface area contributed by atoms with Gasteiger partial charge in [0.05, 0.1) is 5.69 Å². The molecule has 1 nitrogen and oxygen atoms in total. The molecule has 0 atom stereocenters. The Balaban J connectivity index is 1.19. The molecule has 0 saturated heterocycles. The van der Waals surface area contributed by atoms with Crippen LogP contribution < -0.4 is 4.90 Å². The molecule has 252 valence electrons. The first-order valence-corrected chi connectivity index (χ1v) is 18.9. The van der Waals surface area contributed by atoms with Gasteiger partial charge in [-0.05, 0) is 119 Å². The van der Waals surface area contributed by atoms with Crippen LogP contribution >= 0.6 is 0 Å². The lowest BCUT2D eigenvalue weighted by molar-refractivity contribution is 0.661. The van der Waals surface area contributed by atoms with E-state index in [1.54, 1.807) is 0 Å². The lowest BCUT2D eigenvalue weighted by atomic mass is 9.79. The quantitative estimate of drug-likeness (QED) is 0.180. The molecule has 2 aliphatic carbocycles. The minimum atomic E-state index is -0.179. The van der Waals surface area contributed by atoms with E-state index in [0.29, 0.717) is 0 Å². The summed E-state index contributed by atoms with van der Waals surface area (Å²) in [6, 6.07) is 61.5. The first kappa shape index (κ1) is 30.4. The molecular weight excluding hydrogens is 639 g/mol. The summed E-state index contributed by atoms with van der Waals surface area (Å²) in [5.74, 6) is 0. The molecule has 0 spiro atoms. The van der Waals surface area contributed by atoms with Gasteiger partial charge in [-0.15, -0.1) is 0 Å². The van der Waals surface area contributed by atoms with Crippen LogP contribution in [0.15, 0.2) is 164 Å². The first-order valence-electron chi connectivity index (χ1n) is 18.9. The van der Waals surface area contributed by atoms with Gasteiger partial charge in [-0.1, -0.05) is 149 Å². The average molecular weight is 678 g/mol. The first-order chi connectivity index (χ1) is 25.8. The minimum Gasteiger partial charge on any atom is -0.309 e. The van der Waals surface area contributed by atoms with Crippen LogP contribution in [0.25, 0.3) is 65.3 Å². The smallest absolute Gasteiger partial charge is 0.0621 e. The van der Waals surface area contributed by atoms with Crippen LogP contribution in [0.3, 0.4) is 0 Å². The van der Waals surface area contributed by atoms with Crippen molar-refractivity contribution in [2.24, 2.45) is 0 Å². The van der Waals surface area contributed by atoms with Crippen molar-refractivity contribution in [2.45, 2.75) is 38.5 Å². The van der Waals surface area contributed by atoms with E-state index in [2.05, 4.69) is 196 Å². The van der Waals surface area contributed by atoms with Crippen LogP contribution in [0, 0.1) is 0 Å². The highest BCUT2D eigenvalue weighted by Gasteiger charge is 2.41. The highest BCUT2D eigenvalue weighted by Crippen LogP contribution is 2.58. The third-order valence-corrected chi connectivity index (χ3v) is 12.5. The van der Waals surface area contributed by atoms with Gasteiger partial charge in [-0.25, -0.2) is 0 Å². The molecule has 0 bridgehead atoms. The van der Waals surface area contributed by atoms with Crippen LogP contribution in [0.4, 0.5) is 17.1 Å². The van der Waals surface area contributed by atoms with Gasteiger partial charge in [0.15, 0.2) is 0 Å². The topological polar surface area (TPSA) is 3.24 Å². The Bertz CT molecular complexity index is 3000. The summed E-state index contributed by atoms with van der Waals surface area (Å²) < 4.78 is 0. The van der Waals surface area contributed by atoms with Crippen molar-refractivity contribution in [3.8, 4) is 22.3 Å². The van der Waals surface area contributed by atoms with E-state index in [1.807, 2.05) is 0 Å². The van der Waals surface area contributed by atoms with Gasteiger partial charge in [-0.3, -0.25) is 0 Å². The Hall–Kier alpha value is -6.18. The molecule has 0 aromatic heterocycles. The highest BCUT2D eigenvalue weighted by atomic mass is 15.1. The van der Waals surface area contributed by atoms with Crippen molar-refractivity contribution in [3.05, 3.63) is 186 Å². The molecule has 0 N–H and O–H groups in total. The molecule has 53 heavy (non-hydrogen) atoms. The predicted molar refractivity (Wildman–Crippen MR) is 226 cm³/mol. The lowest BCUT2D eigenvalue weighted by Gasteiger charge is -2.31. The molecule has 0 radical (unpaired) electrons. The van der Waals surface area contributed by atoms with Gasteiger partial charge < -0.3 is 4.90 Å². The van der Waals surface area contributed by atoms with Crippen molar-refractivity contribution < 1.29 is 0 Å². The summed E-state index contributed by atoms with van der Waals surface area (Å²) in [7, 11) is 0. The van der Waals surface area contributed by atoms with Crippen LogP contribution in [0.5, 0.6) is 0 Å². The summed E-state index contributed by atoms with van der Waals surface area (Å²) in [4.78, 5) is 2.53. The normalized spacial score (nSPS) is 14.7. The van der Waals surface area contributed by atoms with Gasteiger partial charge in [0, 0.05) is 33.2 Å². The fraction of sp³-hybridized carbons (Fsp3) is 0.115. The number of hydrogen-bond acceptors (Lipinski definition) is 1.